The summed E-state index contributed by atoms with van der Waals surface area (Å²) in [6, 6.07) is 13.8. The molecule has 2 fully saturated rings. The first kappa shape index (κ1) is 37.0. The molecule has 3 aliphatic rings. The van der Waals surface area contributed by atoms with Crippen LogP contribution in [0.15, 0.2) is 59.8 Å². The maximum absolute atomic E-state index is 14.6. The highest BCUT2D eigenvalue weighted by Crippen LogP contribution is 2.40. The van der Waals surface area contributed by atoms with Crippen molar-refractivity contribution in [2.45, 2.75) is 109 Å². The van der Waals surface area contributed by atoms with Gasteiger partial charge in [-0.25, -0.2) is 0 Å². The first-order valence-electron chi connectivity index (χ1n) is 17.5. The second-order valence-electron chi connectivity index (χ2n) is 15.0. The van der Waals surface area contributed by atoms with E-state index < -0.39 is 58.6 Å². The zero-order valence-corrected chi connectivity index (χ0v) is 30.2. The van der Waals surface area contributed by atoms with Gasteiger partial charge in [0.25, 0.3) is 5.91 Å². The summed E-state index contributed by atoms with van der Waals surface area (Å²) in [6.45, 7) is 9.29. The molecule has 2 aliphatic heterocycles. The fourth-order valence-electron chi connectivity index (χ4n) is 6.58. The summed E-state index contributed by atoms with van der Waals surface area (Å²) in [5, 5.41) is 13.4. The van der Waals surface area contributed by atoms with E-state index in [1.54, 1.807) is 12.1 Å². The van der Waals surface area contributed by atoms with E-state index in [4.69, 9.17) is 16.4 Å². The summed E-state index contributed by atoms with van der Waals surface area (Å²) in [4.78, 5) is 75.7. The van der Waals surface area contributed by atoms with Crippen LogP contribution in [0.1, 0.15) is 84.3 Å². The summed E-state index contributed by atoms with van der Waals surface area (Å²) in [7, 11) is 0. The van der Waals surface area contributed by atoms with E-state index in [0.717, 1.165) is 24.0 Å². The van der Waals surface area contributed by atoms with Crippen LogP contribution in [0.25, 0.3) is 0 Å². The van der Waals surface area contributed by atoms with Crippen LogP contribution < -0.4 is 16.0 Å². The third-order valence-corrected chi connectivity index (χ3v) is 9.80. The average molecular weight is 706 g/mol. The minimum atomic E-state index is -1.06. The number of amides is 4. The standard InChI is InChI=1S/C38H48ClN5O6/c1-6-11-28(31(45)35(48)40-27-16-17-27)41-34(47)30-21-38(20-29(43-50-38)25-14-10-15-26(39)19-25)22-44(30)36(49)32(37(3,4)5)42-33(46)23(2)18-24-12-8-7-9-13-24/h7-10,12-15,19,23,27-28,30,32H,6,11,16-18,20-22H2,1-5H3,(H,40,48)(H,41,47)(H,42,46)/t23-,28-,30-,32+,38+/m0/s1. The normalized spacial score (nSPS) is 21.8. The molecule has 0 bridgehead atoms. The Hall–Kier alpha value is -4.25. The number of oxime groups is 1. The SMILES string of the molecule is CCC[C@H](NC(=O)[C@@H]1C[C@]2(CC(c3cccc(Cl)c3)=NO2)CN1C(=O)[C@@H](NC(=O)[C@@H](C)Cc1ccccc1)C(C)(C)C)C(=O)C(=O)NC1CC1. The number of halogens is 1. The number of carbonyl (C=O) groups is 5. The van der Waals surface area contributed by atoms with Gasteiger partial charge in [-0.1, -0.05) is 100 Å². The first-order valence-corrected chi connectivity index (χ1v) is 17.9. The van der Waals surface area contributed by atoms with Crippen LogP contribution in [0.4, 0.5) is 0 Å². The Labute approximate surface area is 298 Å². The van der Waals surface area contributed by atoms with Gasteiger partial charge in [0.15, 0.2) is 5.60 Å². The van der Waals surface area contributed by atoms with Crippen LogP contribution in [0.2, 0.25) is 5.02 Å². The van der Waals surface area contributed by atoms with Crippen molar-refractivity contribution in [3.63, 3.8) is 0 Å². The molecule has 268 valence electrons. The molecule has 1 aliphatic carbocycles. The summed E-state index contributed by atoms with van der Waals surface area (Å²) in [5.41, 5.74) is 0.643. The van der Waals surface area contributed by atoms with Crippen molar-refractivity contribution in [2.75, 3.05) is 6.54 Å². The summed E-state index contributed by atoms with van der Waals surface area (Å²) >= 11 is 6.25. The molecule has 2 aromatic carbocycles. The van der Waals surface area contributed by atoms with Gasteiger partial charge in [-0.05, 0) is 48.8 Å². The lowest BCUT2D eigenvalue weighted by Gasteiger charge is -2.36. The van der Waals surface area contributed by atoms with Crippen LogP contribution in [-0.4, -0.2) is 76.3 Å². The molecular weight excluding hydrogens is 658 g/mol. The lowest BCUT2D eigenvalue weighted by molar-refractivity contribution is -0.145. The molecule has 1 spiro atoms. The minimum absolute atomic E-state index is 0.0135. The molecule has 0 radical (unpaired) electrons. The Morgan fingerprint density at radius 3 is 2.40 bits per heavy atom. The second kappa shape index (κ2) is 15.3. The third kappa shape index (κ3) is 8.91. The number of hydrogen-bond acceptors (Lipinski definition) is 7. The van der Waals surface area contributed by atoms with E-state index in [1.807, 2.05) is 77.1 Å². The van der Waals surface area contributed by atoms with Crippen molar-refractivity contribution in [3.8, 4) is 0 Å². The van der Waals surface area contributed by atoms with Crippen molar-refractivity contribution in [1.82, 2.24) is 20.9 Å². The number of rotatable bonds is 13. The molecule has 5 rings (SSSR count). The molecule has 12 heteroatoms. The van der Waals surface area contributed by atoms with Crippen molar-refractivity contribution in [1.29, 1.82) is 0 Å². The highest BCUT2D eigenvalue weighted by atomic mass is 35.5. The Kier molecular flexibility index (Phi) is 11.3. The summed E-state index contributed by atoms with van der Waals surface area (Å²) in [5.74, 6) is -3.16. The Morgan fingerprint density at radius 2 is 1.76 bits per heavy atom. The molecule has 1 saturated carbocycles. The molecule has 2 heterocycles. The van der Waals surface area contributed by atoms with Crippen LogP contribution >= 0.6 is 11.6 Å². The van der Waals surface area contributed by atoms with E-state index in [2.05, 4.69) is 21.1 Å². The fourth-order valence-corrected chi connectivity index (χ4v) is 6.77. The number of hydrogen-bond donors (Lipinski definition) is 3. The number of nitrogens with one attached hydrogen (secondary N) is 3. The molecule has 1 saturated heterocycles. The maximum atomic E-state index is 14.6. The summed E-state index contributed by atoms with van der Waals surface area (Å²) in [6.07, 6.45) is 3.34. The van der Waals surface area contributed by atoms with Gasteiger partial charge in [0.05, 0.1) is 18.3 Å². The van der Waals surface area contributed by atoms with Crippen molar-refractivity contribution in [3.05, 3.63) is 70.7 Å². The molecule has 0 aromatic heterocycles. The van der Waals surface area contributed by atoms with Gasteiger partial charge in [0.1, 0.15) is 12.1 Å². The first-order chi connectivity index (χ1) is 23.7. The zero-order valence-electron chi connectivity index (χ0n) is 29.5. The zero-order chi connectivity index (χ0) is 36.2. The maximum Gasteiger partial charge on any atom is 0.289 e. The summed E-state index contributed by atoms with van der Waals surface area (Å²) < 4.78 is 0. The van der Waals surface area contributed by atoms with Gasteiger partial charge in [0.2, 0.25) is 23.5 Å². The number of likely N-dealkylation sites (tertiary alicyclic amines) is 1. The second-order valence-corrected chi connectivity index (χ2v) is 15.5. The monoisotopic (exact) mass is 705 g/mol. The van der Waals surface area contributed by atoms with Gasteiger partial charge < -0.3 is 25.7 Å². The lowest BCUT2D eigenvalue weighted by atomic mass is 9.85. The van der Waals surface area contributed by atoms with Crippen LogP contribution in [-0.2, 0) is 35.2 Å². The number of nitrogens with zero attached hydrogens (tertiary/aromatic N) is 2. The molecule has 50 heavy (non-hydrogen) atoms. The van der Waals surface area contributed by atoms with Gasteiger partial charge in [-0.3, -0.25) is 24.0 Å². The minimum Gasteiger partial charge on any atom is -0.387 e. The van der Waals surface area contributed by atoms with Crippen molar-refractivity contribution >= 4 is 46.7 Å². The van der Waals surface area contributed by atoms with Crippen LogP contribution in [0.3, 0.4) is 0 Å². The molecule has 11 nitrogen and oxygen atoms in total. The quantitative estimate of drug-likeness (QED) is 0.264. The average Bonchev–Trinajstić information content (AvgIpc) is 3.67. The van der Waals surface area contributed by atoms with E-state index in [9.17, 15) is 24.0 Å². The number of benzene rings is 2. The smallest absolute Gasteiger partial charge is 0.289 e. The third-order valence-electron chi connectivity index (χ3n) is 9.56. The largest absolute Gasteiger partial charge is 0.387 e. The predicted molar refractivity (Wildman–Crippen MR) is 190 cm³/mol. The van der Waals surface area contributed by atoms with Crippen LogP contribution in [0.5, 0.6) is 0 Å². The Morgan fingerprint density at radius 1 is 1.04 bits per heavy atom. The molecule has 0 unspecified atom stereocenters. The highest BCUT2D eigenvalue weighted by molar-refractivity contribution is 6.38. The highest BCUT2D eigenvalue weighted by Gasteiger charge is 2.55. The Bertz CT molecular complexity index is 1640. The molecule has 5 atom stereocenters. The number of carbonyl (C=O) groups excluding carboxylic acids is 5. The van der Waals surface area contributed by atoms with E-state index >= 15 is 0 Å². The molecule has 2 aromatic rings. The predicted octanol–water partition coefficient (Wildman–Crippen LogP) is 4.35. The van der Waals surface area contributed by atoms with Gasteiger partial charge in [0, 0.05) is 35.4 Å². The van der Waals surface area contributed by atoms with E-state index in [1.165, 1.54) is 4.90 Å². The number of Topliss-reactive ketones (excluding diaryl/α,β-unsaturated/α-hetero) is 1. The molecule has 3 N–H and O–H groups in total. The number of ketones is 1. The lowest BCUT2D eigenvalue weighted by Crippen LogP contribution is -2.59. The van der Waals surface area contributed by atoms with Gasteiger partial charge in [-0.2, -0.15) is 0 Å². The van der Waals surface area contributed by atoms with E-state index in [0.29, 0.717) is 30.0 Å². The Balaban J connectivity index is 1.39. The molecule has 4 amide bonds. The molecular formula is C38H48ClN5O6. The van der Waals surface area contributed by atoms with Crippen LogP contribution in [0, 0.1) is 11.3 Å². The topological polar surface area (TPSA) is 146 Å². The van der Waals surface area contributed by atoms with E-state index in [-0.39, 0.29) is 31.3 Å². The fraction of sp³-hybridized carbons (Fsp3) is 0.526. The van der Waals surface area contributed by atoms with Gasteiger partial charge in [-0.15, -0.1) is 0 Å². The van der Waals surface area contributed by atoms with Crippen molar-refractivity contribution < 1.29 is 28.8 Å². The van der Waals surface area contributed by atoms with Gasteiger partial charge >= 0.3 is 0 Å². The van der Waals surface area contributed by atoms with Crippen molar-refractivity contribution in [2.24, 2.45) is 16.5 Å².